The summed E-state index contributed by atoms with van der Waals surface area (Å²) >= 11 is 18.2. The first-order valence-corrected chi connectivity index (χ1v) is 44.3. The molecule has 4 aliphatic carbocycles. The minimum Gasteiger partial charge on any atom is -0.507 e. The van der Waals surface area contributed by atoms with Crippen LogP contribution in [0.2, 0.25) is 15.1 Å². The number of nitrogens with two attached hydrogens (primary N) is 1. The number of amides is 8. The molecule has 0 atom stereocenters. The van der Waals surface area contributed by atoms with E-state index in [1.165, 1.54) is 98.0 Å². The van der Waals surface area contributed by atoms with Crippen molar-refractivity contribution in [3.05, 3.63) is 320 Å². The number of aromatic nitrogens is 12. The second-order valence-electron chi connectivity index (χ2n) is 32.4. The molecule has 4 fully saturated rings. The van der Waals surface area contributed by atoms with Gasteiger partial charge in [0.2, 0.25) is 23.0 Å². The van der Waals surface area contributed by atoms with Gasteiger partial charge < -0.3 is 86.2 Å². The molecule has 8 aromatic heterocycles. The number of primary amides is 1. The molecule has 0 saturated heterocycles. The fourth-order valence-electron chi connectivity index (χ4n) is 14.5. The van der Waals surface area contributed by atoms with Gasteiger partial charge in [0.25, 0.3) is 23.6 Å². The quantitative estimate of drug-likeness (QED) is 0.0236. The first-order chi connectivity index (χ1) is 66.8. The third-order valence-electron chi connectivity index (χ3n) is 22.4. The van der Waals surface area contributed by atoms with Crippen LogP contribution < -0.4 is 47.7 Å². The molecule has 138 heavy (non-hydrogen) atoms. The Morgan fingerprint density at radius 1 is 0.384 bits per heavy atom. The number of halogens is 4. The second kappa shape index (κ2) is 41.2. The zero-order valence-corrected chi connectivity index (χ0v) is 75.1. The van der Waals surface area contributed by atoms with Crippen molar-refractivity contribution in [2.75, 3.05) is 23.1 Å². The molecule has 20 rings (SSSR count). The highest BCUT2D eigenvalue weighted by molar-refractivity contribution is 6.42. The number of benzene rings is 8. The summed E-state index contributed by atoms with van der Waals surface area (Å²) in [6.45, 7) is 1.04. The minimum atomic E-state index is -0.726. The number of rotatable bonds is 25. The fourth-order valence-corrected chi connectivity index (χ4v) is 15.1. The van der Waals surface area contributed by atoms with E-state index in [1.807, 2.05) is 48.5 Å². The van der Waals surface area contributed by atoms with E-state index in [9.17, 15) is 63.2 Å². The Balaban J connectivity index is 0.000000127. The highest BCUT2D eigenvalue weighted by Gasteiger charge is 2.36. The summed E-state index contributed by atoms with van der Waals surface area (Å²) in [6, 6.07) is 55.6. The summed E-state index contributed by atoms with van der Waals surface area (Å²) in [4.78, 5) is 100. The van der Waals surface area contributed by atoms with Crippen LogP contribution in [0.25, 0.3) is 56.3 Å². The normalized spacial score (nSPS) is 13.0. The third-order valence-corrected chi connectivity index (χ3v) is 23.5. The zero-order chi connectivity index (χ0) is 96.4. The summed E-state index contributed by atoms with van der Waals surface area (Å²) in [5, 5.41) is 95.1. The van der Waals surface area contributed by atoms with Gasteiger partial charge in [-0.25, -0.2) is 23.6 Å². The Bertz CT molecular complexity index is 7230. The Labute approximate surface area is 797 Å². The molecular formula is C97H82Cl3FN20O17. The first kappa shape index (κ1) is 92.8. The minimum absolute atomic E-state index is 0.00184. The number of hydrogen-bond acceptors (Lipinski definition) is 25. The van der Waals surface area contributed by atoms with Crippen molar-refractivity contribution in [3.8, 4) is 85.0 Å². The maximum atomic E-state index is 13.1. The molecule has 8 heterocycles. The molecule has 4 aliphatic rings. The van der Waals surface area contributed by atoms with Crippen molar-refractivity contribution in [3.63, 3.8) is 0 Å². The predicted octanol–water partition coefficient (Wildman–Crippen LogP) is 18.1. The number of phenols is 4. The molecule has 8 aromatic carbocycles. The van der Waals surface area contributed by atoms with Crippen LogP contribution in [0.4, 0.5) is 40.6 Å². The molecule has 0 bridgehead atoms. The van der Waals surface area contributed by atoms with Crippen LogP contribution in [0.1, 0.15) is 162 Å². The topological polar surface area (TPSA) is 512 Å². The lowest BCUT2D eigenvalue weighted by Gasteiger charge is -2.09. The largest absolute Gasteiger partial charge is 0.507 e. The summed E-state index contributed by atoms with van der Waals surface area (Å²) < 4.78 is 43.2. The lowest BCUT2D eigenvalue weighted by molar-refractivity contribution is 0.0961. The van der Waals surface area contributed by atoms with Crippen molar-refractivity contribution in [2.24, 2.45) is 5.73 Å². The lowest BCUT2D eigenvalue weighted by atomic mass is 10.0. The van der Waals surface area contributed by atoms with Gasteiger partial charge >= 0.3 is 24.1 Å². The van der Waals surface area contributed by atoms with Gasteiger partial charge in [0.1, 0.15) is 40.3 Å². The average molecular weight is 1930 g/mol. The zero-order valence-electron chi connectivity index (χ0n) is 72.8. The molecule has 16 aromatic rings. The van der Waals surface area contributed by atoms with Gasteiger partial charge in [-0.1, -0.05) is 104 Å². The van der Waals surface area contributed by atoms with Crippen LogP contribution in [0.15, 0.2) is 249 Å². The van der Waals surface area contributed by atoms with Crippen molar-refractivity contribution < 1.29 is 86.0 Å². The molecule has 0 unspecified atom stereocenters. The number of methoxy groups -OCH3 is 1. The fraction of sp³-hybridized carbons (Fsp3) is 0.175. The van der Waals surface area contributed by atoms with Crippen LogP contribution in [0, 0.1) is 5.82 Å². The Hall–Kier alpha value is -17.0. The van der Waals surface area contributed by atoms with Crippen molar-refractivity contribution in [1.82, 2.24) is 81.0 Å². The van der Waals surface area contributed by atoms with Crippen molar-refractivity contribution in [1.29, 1.82) is 0 Å². The number of aromatic hydroxyl groups is 4. The summed E-state index contributed by atoms with van der Waals surface area (Å²) in [7, 11) is 1.60. The van der Waals surface area contributed by atoms with E-state index < -0.39 is 35.7 Å². The number of nitrogens with zero attached hydrogens (tertiary/aromatic N) is 12. The predicted molar refractivity (Wildman–Crippen MR) is 500 cm³/mol. The van der Waals surface area contributed by atoms with Gasteiger partial charge in [-0.05, 0) is 213 Å². The SMILES string of the molecule is COc1ccc(CNC(=O)n2nc(-c3cc(-c4cc(C(N)=O)on4)ccc3O)cc2C2CC2)cc1.O=C(Nc1ccc(O)c(-c2cc(C3CC3)n(C(=O)NCc3ccc(Cl)c(Cl)c3)n2)c1)c1ccno1.O=C(Nc1ccc(O)c(-c2cc(C3CC3)n(C(=O)NCc3ccc(F)cc3)n2)c1)c1ccno1.O=C(Nc1ccc(O)c(-c2cc(C3CC3)n(C(=O)NCc3ccccc3Cl)n2)c1)c1ccno1. The third kappa shape index (κ3) is 22.6. The highest BCUT2D eigenvalue weighted by atomic mass is 35.5. The van der Waals surface area contributed by atoms with Crippen LogP contribution >= 0.6 is 34.8 Å². The molecule has 37 nitrogen and oxygen atoms in total. The summed E-state index contributed by atoms with van der Waals surface area (Å²) in [5.74, 6) is -0.907. The monoisotopic (exact) mass is 1920 g/mol. The molecule has 700 valence electrons. The van der Waals surface area contributed by atoms with Gasteiger partial charge in [-0.3, -0.25) is 19.2 Å². The Kier molecular flexibility index (Phi) is 27.7. The number of hydrogen-bond donors (Lipinski definition) is 12. The smallest absolute Gasteiger partial charge is 0.342 e. The molecule has 0 spiro atoms. The van der Waals surface area contributed by atoms with E-state index in [2.05, 4.69) is 78.2 Å². The number of phenolic OH excluding ortho intramolecular Hbond substituents is 4. The van der Waals surface area contributed by atoms with Crippen LogP contribution in [-0.2, 0) is 26.2 Å². The van der Waals surface area contributed by atoms with E-state index >= 15 is 0 Å². The highest BCUT2D eigenvalue weighted by Crippen LogP contribution is 2.47. The lowest BCUT2D eigenvalue weighted by Crippen LogP contribution is -2.30. The van der Waals surface area contributed by atoms with Crippen molar-refractivity contribution >= 4 is 99.6 Å². The van der Waals surface area contributed by atoms with Gasteiger partial charge in [0.15, 0.2) is 0 Å². The number of ether oxygens (including phenoxy) is 1. The van der Waals surface area contributed by atoms with Crippen LogP contribution in [0.3, 0.4) is 0 Å². The van der Waals surface area contributed by atoms with Gasteiger partial charge in [-0.2, -0.15) is 39.1 Å². The molecule has 4 saturated carbocycles. The maximum absolute atomic E-state index is 13.1. The first-order valence-electron chi connectivity index (χ1n) is 43.1. The van der Waals surface area contributed by atoms with Gasteiger partial charge in [-0.15, -0.1) is 0 Å². The molecule has 13 N–H and O–H groups in total. The van der Waals surface area contributed by atoms with E-state index in [-0.39, 0.29) is 107 Å². The van der Waals surface area contributed by atoms with Crippen LogP contribution in [-0.4, -0.2) is 135 Å². The Morgan fingerprint density at radius 2 is 0.746 bits per heavy atom. The molecular weight excluding hydrogens is 1840 g/mol. The molecule has 0 radical (unpaired) electrons. The average Bonchev–Trinajstić information content (AvgIpc) is 1.64. The van der Waals surface area contributed by atoms with Gasteiger partial charge in [0.05, 0.1) is 81.3 Å². The number of nitrogens with one attached hydrogen (secondary N) is 7. The van der Waals surface area contributed by atoms with E-state index in [1.54, 1.807) is 110 Å². The van der Waals surface area contributed by atoms with Gasteiger partial charge in [0, 0.05) is 124 Å². The maximum Gasteiger partial charge on any atom is 0.342 e. The molecule has 41 heteroatoms. The van der Waals surface area contributed by atoms with E-state index in [4.69, 9.17) is 63.4 Å². The van der Waals surface area contributed by atoms with E-state index in [0.717, 1.165) is 102 Å². The Morgan fingerprint density at radius 3 is 1.10 bits per heavy atom. The summed E-state index contributed by atoms with van der Waals surface area (Å²) in [6.07, 6.45) is 11.8. The van der Waals surface area contributed by atoms with Crippen molar-refractivity contribution in [2.45, 2.75) is 101 Å². The molecule has 8 amide bonds. The van der Waals surface area contributed by atoms with E-state index in [0.29, 0.717) is 95.0 Å². The standard InChI is InChI=1S/C25H23N5O5.C24H19Cl2N5O4.C24H20ClN5O4.C24H20FN5O4/c1-34-17-7-2-14(3-8-17)13-27-25(33)30-21(15-4-5-15)11-20(28-30)18-10-16(6-9-22(18)31)19-12-23(24(26)32)35-29-19;25-17-5-1-13(9-18(17)26)12-27-24(34)31-20(14-2-3-14)11-19(30-31)16-10-15(4-6-21(16)32)29-23(33)22-7-8-28-35-22;25-18-4-2-1-3-15(18)13-26-24(33)30-20(14-5-6-14)12-19(29-30)17-11-16(7-8-21(17)31)28-23(32)22-9-10-27-34-22;25-16-5-1-14(2-6-16)13-26-24(33)30-20(15-3-4-15)12-19(29-30)18-11-17(7-8-21(18)31)28-23(32)22-9-10-27-34-22/h2-3,6-12,15,31H,4-5,13H2,1H3,(H2,26,32)(H,27,33);1,4-11,14,32H,2-3,12H2,(H,27,34)(H,29,33);1-4,7-12,14,31H,5-6,13H2,(H,26,33)(H,28,32);1-2,5-12,15,31H,3-4,13H2,(H,26,33)(H,28,32). The summed E-state index contributed by atoms with van der Waals surface area (Å²) in [5.41, 5.74) is 17.0. The number of carbonyl (C=O) groups is 8. The number of anilines is 3. The van der Waals surface area contributed by atoms with Crippen LogP contribution in [0.5, 0.6) is 28.7 Å². The number of carbonyl (C=O) groups excluding carboxylic acids is 8. The second-order valence-corrected chi connectivity index (χ2v) is 33.6. The molecule has 0 aliphatic heterocycles.